The molecule has 1 fully saturated rings. The van der Waals surface area contributed by atoms with E-state index in [-0.39, 0.29) is 208 Å². The highest BCUT2D eigenvalue weighted by molar-refractivity contribution is 5.99. The number of nitrogens with one attached hydrogen (secondary N) is 6. The molecule has 0 aromatic carbocycles. The monoisotopic (exact) mass is 1730 g/mol. The summed E-state index contributed by atoms with van der Waals surface area (Å²) >= 11 is 0. The number of carbonyl (C=O) groups excluding carboxylic acids is 15. The number of unbranched alkanes of at least 4 members (excludes halogenated alkanes) is 12. The van der Waals surface area contributed by atoms with Gasteiger partial charge in [0.05, 0.1) is 24.2 Å². The molecular formula is C81H150N26O15. The quantitative estimate of drug-likeness (QED) is 0.0204. The lowest BCUT2D eigenvalue weighted by Crippen LogP contribution is -2.56. The first-order chi connectivity index (χ1) is 57.6. The first kappa shape index (κ1) is 111. The SMILES string of the molecule is CCCCCCCCCCCCCCCC(=O)N[C@@H](CCCN=C(N)N)C(=O)N[C@@H](CC(C)C)C(=O)C[C@@H](CCCN=C(N)N)C(=O)N[C@@H](CCC(N)=O)C(C)=O.CC[C@@H](C)C(=O)N[C@@H](CCC(N)=O)C(=O)C[C@@H](CCCN=C(N)N)C(=O)N[C@@H](CCCN=C(N)N)C(=O)N1CCC[C@H]1C(=O)N[C@@H](CCC(N)=O)C(=O)C[C@@H](CCCN=C(N)N)C(N)=O. The second-order valence-corrected chi connectivity index (χ2v) is 31.9. The first-order valence-corrected chi connectivity index (χ1v) is 43.3. The highest BCUT2D eigenvalue weighted by Gasteiger charge is 2.41. The van der Waals surface area contributed by atoms with Crippen molar-refractivity contribution in [2.75, 3.05) is 39.3 Å². The van der Waals surface area contributed by atoms with Crippen molar-refractivity contribution in [1.82, 2.24) is 36.8 Å². The van der Waals surface area contributed by atoms with Gasteiger partial charge in [-0.3, -0.25) is 96.9 Å². The van der Waals surface area contributed by atoms with Crippen molar-refractivity contribution in [2.45, 2.75) is 321 Å². The maximum Gasteiger partial charge on any atom is 0.245 e. The first-order valence-electron chi connectivity index (χ1n) is 43.3. The lowest BCUT2D eigenvalue weighted by molar-refractivity contribution is -0.143. The van der Waals surface area contributed by atoms with E-state index in [0.717, 1.165) is 19.3 Å². The van der Waals surface area contributed by atoms with Crippen molar-refractivity contribution in [3.63, 3.8) is 0 Å². The molecule has 1 saturated heterocycles. The van der Waals surface area contributed by atoms with Crippen LogP contribution in [0.3, 0.4) is 0 Å². The maximum absolute atomic E-state index is 14.4. The minimum Gasteiger partial charge on any atom is -0.370 e. The fourth-order valence-electron chi connectivity index (χ4n) is 13.6. The van der Waals surface area contributed by atoms with Crippen LogP contribution >= 0.6 is 0 Å². The maximum atomic E-state index is 14.4. The number of carbonyl (C=O) groups is 15. The molecule has 0 aliphatic carbocycles. The topological polar surface area (TPSA) is 758 Å². The average Bonchev–Trinajstić information content (AvgIpc) is 1.55. The van der Waals surface area contributed by atoms with Gasteiger partial charge in [0.1, 0.15) is 18.1 Å². The Morgan fingerprint density at radius 1 is 0.361 bits per heavy atom. The Bertz CT molecular complexity index is 3430. The highest BCUT2D eigenvalue weighted by atomic mass is 16.2. The van der Waals surface area contributed by atoms with Crippen molar-refractivity contribution in [2.24, 2.45) is 135 Å². The van der Waals surface area contributed by atoms with E-state index >= 15 is 0 Å². The number of guanidine groups is 5. The largest absolute Gasteiger partial charge is 0.370 e. The van der Waals surface area contributed by atoms with Gasteiger partial charge in [-0.1, -0.05) is 112 Å². The second-order valence-electron chi connectivity index (χ2n) is 31.9. The van der Waals surface area contributed by atoms with Gasteiger partial charge in [-0.2, -0.15) is 0 Å². The molecule has 1 aliphatic rings. The number of hydrogen-bond acceptors (Lipinski definition) is 20. The second kappa shape index (κ2) is 65.0. The molecule has 0 unspecified atom stereocenters. The molecule has 0 spiro atoms. The fraction of sp³-hybridized carbons (Fsp3) is 0.753. The Morgan fingerprint density at radius 3 is 1.11 bits per heavy atom. The van der Waals surface area contributed by atoms with Crippen LogP contribution in [0.25, 0.3) is 0 Å². The summed E-state index contributed by atoms with van der Waals surface area (Å²) in [5.41, 5.74) is 76.1. The van der Waals surface area contributed by atoms with Crippen LogP contribution in [0.5, 0.6) is 0 Å². The minimum atomic E-state index is -1.28. The zero-order valence-electron chi connectivity index (χ0n) is 73.2. The van der Waals surface area contributed by atoms with E-state index in [9.17, 15) is 71.9 Å². The number of nitrogens with zero attached hydrogens (tertiary/aromatic N) is 6. The fourth-order valence-corrected chi connectivity index (χ4v) is 13.6. The van der Waals surface area contributed by atoms with Crippen molar-refractivity contribution < 1.29 is 71.9 Å². The Kier molecular flexibility index (Phi) is 59.2. The molecule has 11 amide bonds. The minimum absolute atomic E-state index is 0.00487. The molecule has 11 atom stereocenters. The molecule has 0 aromatic rings. The van der Waals surface area contributed by atoms with Gasteiger partial charge in [-0.25, -0.2) is 0 Å². The van der Waals surface area contributed by atoms with E-state index < -0.39 is 143 Å². The van der Waals surface area contributed by atoms with Crippen molar-refractivity contribution in [3.05, 3.63) is 0 Å². The van der Waals surface area contributed by atoms with Crippen molar-refractivity contribution in [3.8, 4) is 0 Å². The van der Waals surface area contributed by atoms with Gasteiger partial charge in [0.25, 0.3) is 0 Å². The Morgan fingerprint density at radius 2 is 0.713 bits per heavy atom. The van der Waals surface area contributed by atoms with Gasteiger partial charge in [-0.05, 0) is 128 Å². The molecule has 0 bridgehead atoms. The van der Waals surface area contributed by atoms with Crippen LogP contribution in [0.2, 0.25) is 0 Å². The van der Waals surface area contributed by atoms with E-state index in [0.29, 0.717) is 38.5 Å². The summed E-state index contributed by atoms with van der Waals surface area (Å²) in [5.74, 6) is -12.6. The van der Waals surface area contributed by atoms with Gasteiger partial charge in [0.2, 0.25) is 65.0 Å². The molecule has 1 aliphatic heterocycles. The van der Waals surface area contributed by atoms with Gasteiger partial charge in [-0.15, -0.1) is 0 Å². The Labute approximate surface area is 719 Å². The third-order valence-electron chi connectivity index (χ3n) is 20.7. The molecule has 1 rings (SSSR count). The number of aliphatic imine (C=N–C) groups is 5. The lowest BCUT2D eigenvalue weighted by Gasteiger charge is -2.31. The van der Waals surface area contributed by atoms with E-state index in [1.807, 2.05) is 13.8 Å². The van der Waals surface area contributed by atoms with Gasteiger partial charge in [0.15, 0.2) is 52.9 Å². The lowest BCUT2D eigenvalue weighted by atomic mass is 9.89. The van der Waals surface area contributed by atoms with Gasteiger partial charge >= 0.3 is 0 Å². The molecule has 41 nitrogen and oxygen atoms in total. The highest BCUT2D eigenvalue weighted by Crippen LogP contribution is 2.25. The number of nitrogens with two attached hydrogens (primary N) is 14. The predicted octanol–water partition coefficient (Wildman–Crippen LogP) is -0.689. The summed E-state index contributed by atoms with van der Waals surface area (Å²) in [4.78, 5) is 217. The number of hydrogen-bond donors (Lipinski definition) is 20. The summed E-state index contributed by atoms with van der Waals surface area (Å²) in [6.07, 6.45) is 17.3. The molecule has 122 heavy (non-hydrogen) atoms. The third-order valence-corrected chi connectivity index (χ3v) is 20.7. The number of Topliss-reactive ketones (excluding diaryl/α,β-unsaturated/α-hetero) is 4. The molecule has 41 heteroatoms. The molecule has 0 saturated carbocycles. The van der Waals surface area contributed by atoms with Crippen molar-refractivity contribution in [1.29, 1.82) is 0 Å². The summed E-state index contributed by atoms with van der Waals surface area (Å²) in [5, 5.41) is 16.5. The molecule has 34 N–H and O–H groups in total. The number of ketones is 4. The summed E-state index contributed by atoms with van der Waals surface area (Å²) in [7, 11) is 0. The normalized spacial score (nSPS) is 14.6. The zero-order chi connectivity index (χ0) is 92.2. The van der Waals surface area contributed by atoms with Crippen LogP contribution in [-0.4, -0.2) is 204 Å². The van der Waals surface area contributed by atoms with E-state index in [1.54, 1.807) is 13.8 Å². The summed E-state index contributed by atoms with van der Waals surface area (Å²) in [6, 6.07) is -7.66. The van der Waals surface area contributed by atoms with E-state index in [2.05, 4.69) is 63.8 Å². The molecule has 0 radical (unpaired) electrons. The smallest absolute Gasteiger partial charge is 0.245 e. The van der Waals surface area contributed by atoms with Crippen LogP contribution in [0.15, 0.2) is 25.0 Å². The van der Waals surface area contributed by atoms with Crippen LogP contribution < -0.4 is 112 Å². The summed E-state index contributed by atoms with van der Waals surface area (Å²) < 4.78 is 0. The molecule has 694 valence electrons. The standard InChI is InChI=1S/C41H78N10O6.C40H72N16O9/c1-5-6-7-8-9-10-11-12-13-14-15-16-17-22-37(55)49-33(21-19-26-48-41(45)46)39(57)51-34(27-29(2)3)35(53)28-31(20-18-25-47-40(43)44)38(56)50-32(30(4)52)23-24-36(42)54;1-3-22(2)34(62)53-25(12-14-31(41)59)30(58)21-24(9-5-17-51-39(46)47)35(63)55-27(10-6-18-52-40(48)49)37(65)56-19-7-11-28(56)36(64)54-26(13-15-32(42)60)29(57)20-23(33(43)61)8-4-16-50-38(44)45/h29,31-34H,5-28H2,1-4H3,(H2,42,54)(H,49,55)(H,50,56)(H,51,57)(H4,43,44,47)(H4,45,46,48);22-28H,3-21H2,1-2H3,(H2,41,59)(H2,42,60)(H2,43,61)(H,53,62)(H,54,64)(H,55,63)(H4,44,45,50)(H4,46,47,51)(H4,48,49,52)/t31-,32+,33+,34+;22-,23-,24-,25+,26+,27+,28+/m11/s1. The van der Waals surface area contributed by atoms with Crippen LogP contribution in [-0.2, 0) is 71.9 Å². The molecule has 1 heterocycles. The van der Waals surface area contributed by atoms with Crippen LogP contribution in [0.4, 0.5) is 0 Å². The number of amides is 11. The summed E-state index contributed by atoms with van der Waals surface area (Å²) in [6.45, 7) is 11.7. The number of rotatable bonds is 69. The van der Waals surface area contributed by atoms with Crippen LogP contribution in [0.1, 0.15) is 279 Å². The van der Waals surface area contributed by atoms with Gasteiger partial charge < -0.3 is 117 Å². The van der Waals surface area contributed by atoms with Gasteiger partial charge in [0, 0.05) is 108 Å². The predicted molar refractivity (Wildman–Crippen MR) is 470 cm³/mol. The van der Waals surface area contributed by atoms with Crippen LogP contribution in [0, 0.1) is 29.6 Å². The molecule has 0 aromatic heterocycles. The number of likely N-dealkylation sites (tertiary alicyclic amines) is 1. The third kappa shape index (κ3) is 53.8. The number of primary amides is 4. The van der Waals surface area contributed by atoms with E-state index in [1.165, 1.54) is 69.6 Å². The zero-order valence-corrected chi connectivity index (χ0v) is 73.2. The average molecular weight is 1730 g/mol. The van der Waals surface area contributed by atoms with E-state index in [4.69, 9.17) is 80.3 Å². The Hall–Kier alpha value is -10.8. The Balaban J connectivity index is 0.00000242. The van der Waals surface area contributed by atoms with Crippen molar-refractivity contribution >= 4 is 118 Å². The molecular weight excluding hydrogens is 1580 g/mol.